The molecule has 0 radical (unpaired) electrons. The molecule has 0 aromatic heterocycles. The molecule has 0 aromatic rings. The number of nitrogens with one attached hydrogen (secondary N) is 2. The quantitative estimate of drug-likeness (QED) is 0.617. The van der Waals surface area contributed by atoms with E-state index in [1.54, 1.807) is 0 Å². The molecule has 1 heterocycles. The van der Waals surface area contributed by atoms with Gasteiger partial charge in [-0.1, -0.05) is 26.7 Å². The molecule has 4 amide bonds. The molecule has 1 saturated carbocycles. The van der Waals surface area contributed by atoms with E-state index >= 15 is 0 Å². The highest BCUT2D eigenvalue weighted by Crippen LogP contribution is 2.34. The fourth-order valence-corrected chi connectivity index (χ4v) is 3.34. The van der Waals surface area contributed by atoms with Crippen molar-refractivity contribution in [2.75, 3.05) is 13.1 Å². The number of halogens is 1. The number of amides is 4. The molecular weight excluding hydrogens is 320 g/mol. The molecule has 1 atom stereocenters. The molecule has 2 fully saturated rings. The number of rotatable bonds is 6. The number of hydrogen-bond donors (Lipinski definition) is 3. The molecule has 1 unspecified atom stereocenters. The number of nitrogens with zero attached hydrogens (tertiary/aromatic N) is 1. The van der Waals surface area contributed by atoms with Crippen molar-refractivity contribution in [1.29, 1.82) is 0 Å². The van der Waals surface area contributed by atoms with Crippen LogP contribution in [-0.4, -0.2) is 47.4 Å². The van der Waals surface area contributed by atoms with Crippen molar-refractivity contribution in [3.63, 3.8) is 0 Å². The number of imide groups is 1. The van der Waals surface area contributed by atoms with Crippen LogP contribution in [0.3, 0.4) is 0 Å². The smallest absolute Gasteiger partial charge is 0.325 e. The summed E-state index contributed by atoms with van der Waals surface area (Å²) in [5.41, 5.74) is 4.89. The second-order valence-corrected chi connectivity index (χ2v) is 6.74. The van der Waals surface area contributed by atoms with Crippen molar-refractivity contribution < 1.29 is 14.4 Å². The molecule has 132 valence electrons. The Labute approximate surface area is 143 Å². The first-order valence-electron chi connectivity index (χ1n) is 8.01. The second kappa shape index (κ2) is 7.97. The average molecular weight is 347 g/mol. The van der Waals surface area contributed by atoms with Crippen LogP contribution >= 0.6 is 12.4 Å². The van der Waals surface area contributed by atoms with Gasteiger partial charge in [-0.15, -0.1) is 12.4 Å². The Hall–Kier alpha value is -1.34. The van der Waals surface area contributed by atoms with E-state index in [-0.39, 0.29) is 36.8 Å². The minimum Gasteiger partial charge on any atom is -0.351 e. The van der Waals surface area contributed by atoms with Gasteiger partial charge in [-0.25, -0.2) is 4.79 Å². The van der Waals surface area contributed by atoms with E-state index in [1.807, 2.05) is 0 Å². The maximum atomic E-state index is 12.4. The predicted molar refractivity (Wildman–Crippen MR) is 89.1 cm³/mol. The van der Waals surface area contributed by atoms with Crippen LogP contribution in [0.15, 0.2) is 0 Å². The maximum Gasteiger partial charge on any atom is 0.325 e. The largest absolute Gasteiger partial charge is 0.351 e. The van der Waals surface area contributed by atoms with E-state index in [0.29, 0.717) is 25.3 Å². The van der Waals surface area contributed by atoms with Crippen molar-refractivity contribution in [3.8, 4) is 0 Å². The molecular formula is C15H27ClN4O3. The van der Waals surface area contributed by atoms with E-state index in [2.05, 4.69) is 24.5 Å². The third-order valence-corrected chi connectivity index (χ3v) is 4.41. The Morgan fingerprint density at radius 2 is 1.96 bits per heavy atom. The van der Waals surface area contributed by atoms with Crippen molar-refractivity contribution in [2.45, 2.75) is 57.5 Å². The molecule has 23 heavy (non-hydrogen) atoms. The highest BCUT2D eigenvalue weighted by atomic mass is 35.5. The molecule has 0 aromatic carbocycles. The highest BCUT2D eigenvalue weighted by Gasteiger charge is 2.52. The number of nitrogens with two attached hydrogens (primary N) is 1. The molecule has 8 heteroatoms. The minimum atomic E-state index is -0.761. The summed E-state index contributed by atoms with van der Waals surface area (Å²) in [6, 6.07) is -0.594. The van der Waals surface area contributed by atoms with Crippen LogP contribution in [0.1, 0.15) is 46.0 Å². The molecule has 2 aliphatic rings. The van der Waals surface area contributed by atoms with Crippen molar-refractivity contribution in [3.05, 3.63) is 0 Å². The lowest BCUT2D eigenvalue weighted by Gasteiger charge is -2.22. The van der Waals surface area contributed by atoms with Gasteiger partial charge in [0.2, 0.25) is 5.91 Å². The van der Waals surface area contributed by atoms with Crippen LogP contribution in [0.4, 0.5) is 4.79 Å². The van der Waals surface area contributed by atoms with Gasteiger partial charge in [0.15, 0.2) is 0 Å². The molecule has 1 saturated heterocycles. The average Bonchev–Trinajstić information content (AvgIpc) is 2.99. The summed E-state index contributed by atoms with van der Waals surface area (Å²) in [5, 5.41) is 5.57. The lowest BCUT2D eigenvalue weighted by molar-refractivity contribution is -0.135. The van der Waals surface area contributed by atoms with Gasteiger partial charge in [-0.2, -0.15) is 0 Å². The van der Waals surface area contributed by atoms with Crippen LogP contribution in [0.2, 0.25) is 0 Å². The zero-order valence-electron chi connectivity index (χ0n) is 13.8. The SMILES string of the molecule is CC(C)CC(CN)NC(=O)CN1C(=O)NC2(CCCC2)C1=O.Cl. The number of hydrogen-bond acceptors (Lipinski definition) is 4. The van der Waals surface area contributed by atoms with E-state index in [1.165, 1.54) is 0 Å². The van der Waals surface area contributed by atoms with E-state index in [0.717, 1.165) is 24.2 Å². The molecule has 4 N–H and O–H groups in total. The fraction of sp³-hybridized carbons (Fsp3) is 0.800. The summed E-state index contributed by atoms with van der Waals surface area (Å²) in [4.78, 5) is 37.6. The summed E-state index contributed by atoms with van der Waals surface area (Å²) in [6.07, 6.45) is 3.95. The first kappa shape index (κ1) is 19.7. The van der Waals surface area contributed by atoms with E-state index < -0.39 is 11.6 Å². The van der Waals surface area contributed by atoms with Crippen LogP contribution in [0.5, 0.6) is 0 Å². The van der Waals surface area contributed by atoms with Gasteiger partial charge in [0.25, 0.3) is 5.91 Å². The van der Waals surface area contributed by atoms with Gasteiger partial charge in [-0.05, 0) is 25.2 Å². The molecule has 1 aliphatic heterocycles. The molecule has 2 rings (SSSR count). The third-order valence-electron chi connectivity index (χ3n) is 4.41. The van der Waals surface area contributed by atoms with Gasteiger partial charge in [0.1, 0.15) is 12.1 Å². The van der Waals surface area contributed by atoms with Crippen LogP contribution in [-0.2, 0) is 9.59 Å². The van der Waals surface area contributed by atoms with Crippen LogP contribution < -0.4 is 16.4 Å². The summed E-state index contributed by atoms with van der Waals surface area (Å²) >= 11 is 0. The number of carbonyl (C=O) groups is 3. The zero-order chi connectivity index (χ0) is 16.3. The third kappa shape index (κ3) is 4.35. The van der Waals surface area contributed by atoms with Gasteiger partial charge in [-0.3, -0.25) is 14.5 Å². The van der Waals surface area contributed by atoms with Gasteiger partial charge < -0.3 is 16.4 Å². The van der Waals surface area contributed by atoms with Gasteiger partial charge >= 0.3 is 6.03 Å². The Balaban J connectivity index is 0.00000264. The Morgan fingerprint density at radius 1 is 1.35 bits per heavy atom. The fourth-order valence-electron chi connectivity index (χ4n) is 3.34. The number of carbonyl (C=O) groups excluding carboxylic acids is 3. The molecule has 7 nitrogen and oxygen atoms in total. The van der Waals surface area contributed by atoms with Crippen molar-refractivity contribution >= 4 is 30.3 Å². The predicted octanol–water partition coefficient (Wildman–Crippen LogP) is 0.762. The van der Waals surface area contributed by atoms with E-state index in [9.17, 15) is 14.4 Å². The second-order valence-electron chi connectivity index (χ2n) is 6.74. The van der Waals surface area contributed by atoms with Gasteiger partial charge in [0.05, 0.1) is 0 Å². The Bertz CT molecular complexity index is 464. The number of urea groups is 1. The maximum absolute atomic E-state index is 12.4. The summed E-state index contributed by atoms with van der Waals surface area (Å²) in [6.45, 7) is 4.21. The van der Waals surface area contributed by atoms with Crippen molar-refractivity contribution in [2.24, 2.45) is 11.7 Å². The first-order chi connectivity index (χ1) is 10.4. The Kier molecular flexibility index (Phi) is 6.83. The Morgan fingerprint density at radius 3 is 2.48 bits per heavy atom. The summed E-state index contributed by atoms with van der Waals surface area (Å²) < 4.78 is 0. The standard InChI is InChI=1S/C15H26N4O3.ClH/c1-10(2)7-11(8-16)17-12(20)9-19-13(21)15(18-14(19)22)5-3-4-6-15;/h10-11H,3-9,16H2,1-2H3,(H,17,20)(H,18,22);1H. The zero-order valence-corrected chi connectivity index (χ0v) is 14.6. The van der Waals surface area contributed by atoms with Crippen LogP contribution in [0, 0.1) is 5.92 Å². The molecule has 1 aliphatic carbocycles. The first-order valence-corrected chi connectivity index (χ1v) is 8.01. The van der Waals surface area contributed by atoms with E-state index in [4.69, 9.17) is 5.73 Å². The van der Waals surface area contributed by atoms with Gasteiger partial charge in [0, 0.05) is 12.6 Å². The summed E-state index contributed by atoms with van der Waals surface area (Å²) in [7, 11) is 0. The lowest BCUT2D eigenvalue weighted by atomic mass is 9.98. The molecule has 1 spiro atoms. The highest BCUT2D eigenvalue weighted by molar-refractivity contribution is 6.09. The normalized spacial score (nSPS) is 20.6. The van der Waals surface area contributed by atoms with Crippen molar-refractivity contribution in [1.82, 2.24) is 15.5 Å². The lowest BCUT2D eigenvalue weighted by Crippen LogP contribution is -2.48. The van der Waals surface area contributed by atoms with Crippen LogP contribution in [0.25, 0.3) is 0 Å². The summed E-state index contributed by atoms with van der Waals surface area (Å²) in [5.74, 6) is -0.194. The topological polar surface area (TPSA) is 105 Å². The minimum absolute atomic E-state index is 0. The monoisotopic (exact) mass is 346 g/mol. The molecule has 0 bridgehead atoms.